The molecule has 3 rings (SSSR count). The number of nitrogens with one attached hydrogen (secondary N) is 1. The monoisotopic (exact) mass is 359 g/mol. The van der Waals surface area contributed by atoms with Crippen molar-refractivity contribution in [3.05, 3.63) is 59.7 Å². The summed E-state index contributed by atoms with van der Waals surface area (Å²) in [7, 11) is 3.87. The van der Waals surface area contributed by atoms with Crippen molar-refractivity contribution < 1.29 is 13.6 Å². The zero-order valence-electron chi connectivity index (χ0n) is 15.0. The van der Waals surface area contributed by atoms with E-state index in [0.717, 1.165) is 30.7 Å². The molecular formula is C20H23F2N3O. The Morgan fingerprint density at radius 3 is 2.69 bits per heavy atom. The van der Waals surface area contributed by atoms with Crippen LogP contribution in [0.4, 0.5) is 20.2 Å². The van der Waals surface area contributed by atoms with Crippen LogP contribution in [0.15, 0.2) is 42.5 Å². The molecule has 1 aliphatic heterocycles. The number of piperidine rings is 1. The third-order valence-electron chi connectivity index (χ3n) is 4.61. The number of carbonyl (C=O) groups is 1. The number of likely N-dealkylation sites (tertiary alicyclic amines) is 1. The fourth-order valence-electron chi connectivity index (χ4n) is 3.20. The molecule has 0 unspecified atom stereocenters. The molecule has 1 saturated heterocycles. The van der Waals surface area contributed by atoms with Gasteiger partial charge in [-0.1, -0.05) is 6.07 Å². The van der Waals surface area contributed by atoms with Gasteiger partial charge in [-0.2, -0.15) is 0 Å². The predicted octanol–water partition coefficient (Wildman–Crippen LogP) is 3.75. The smallest absolute Gasteiger partial charge is 0.253 e. The highest BCUT2D eigenvalue weighted by molar-refractivity contribution is 5.95. The van der Waals surface area contributed by atoms with Crippen LogP contribution >= 0.6 is 0 Å². The van der Waals surface area contributed by atoms with E-state index in [1.165, 1.54) is 6.07 Å². The quantitative estimate of drug-likeness (QED) is 0.903. The van der Waals surface area contributed by atoms with Crippen LogP contribution in [0.1, 0.15) is 23.2 Å². The van der Waals surface area contributed by atoms with Gasteiger partial charge in [0, 0.05) is 56.2 Å². The second kappa shape index (κ2) is 7.72. The largest absolute Gasteiger partial charge is 0.380 e. The summed E-state index contributed by atoms with van der Waals surface area (Å²) in [5.41, 5.74) is 2.16. The molecule has 1 fully saturated rings. The summed E-state index contributed by atoms with van der Waals surface area (Å²) < 4.78 is 26.4. The summed E-state index contributed by atoms with van der Waals surface area (Å²) in [4.78, 5) is 16.6. The molecule has 2 aromatic rings. The topological polar surface area (TPSA) is 35.6 Å². The van der Waals surface area contributed by atoms with Crippen LogP contribution in [-0.4, -0.2) is 44.0 Å². The summed E-state index contributed by atoms with van der Waals surface area (Å²) in [5.74, 6) is -1.75. The molecule has 4 nitrogen and oxygen atoms in total. The first kappa shape index (κ1) is 18.2. The predicted molar refractivity (Wildman–Crippen MR) is 99.7 cm³/mol. The average Bonchev–Trinajstić information content (AvgIpc) is 2.64. The van der Waals surface area contributed by atoms with Gasteiger partial charge in [0.05, 0.1) is 0 Å². The minimum absolute atomic E-state index is 0.00881. The van der Waals surface area contributed by atoms with Crippen LogP contribution < -0.4 is 10.2 Å². The minimum atomic E-state index is -0.876. The van der Waals surface area contributed by atoms with Gasteiger partial charge in [0.2, 0.25) is 0 Å². The molecule has 0 bridgehead atoms. The number of hydrogen-bond acceptors (Lipinski definition) is 3. The standard InChI is InChI=1S/C20H23F2N3O/c1-24(2)17-7-3-5-14(11-17)20(26)25-10-4-6-16(13-25)23-15-8-9-18(21)19(22)12-15/h3,5,7-9,11-12,16,23H,4,6,10,13H2,1-2H3/t16-/m0/s1. The Kier molecular flexibility index (Phi) is 5.40. The van der Waals surface area contributed by atoms with Crippen molar-refractivity contribution in [1.29, 1.82) is 0 Å². The first-order valence-electron chi connectivity index (χ1n) is 8.72. The molecule has 0 saturated carbocycles. The van der Waals surface area contributed by atoms with Gasteiger partial charge in [-0.05, 0) is 43.2 Å². The molecule has 0 aliphatic carbocycles. The first-order chi connectivity index (χ1) is 12.4. The summed E-state index contributed by atoms with van der Waals surface area (Å²) in [5, 5.41) is 3.21. The van der Waals surface area contributed by atoms with Crippen molar-refractivity contribution in [1.82, 2.24) is 4.90 Å². The summed E-state index contributed by atoms with van der Waals surface area (Å²) in [6, 6.07) is 11.3. The van der Waals surface area contributed by atoms with Gasteiger partial charge in [0.1, 0.15) is 0 Å². The Balaban J connectivity index is 1.68. The van der Waals surface area contributed by atoms with E-state index in [1.54, 1.807) is 0 Å². The Morgan fingerprint density at radius 2 is 1.96 bits per heavy atom. The molecule has 2 aromatic carbocycles. The Bertz CT molecular complexity index is 794. The van der Waals surface area contributed by atoms with Crippen LogP contribution in [0, 0.1) is 11.6 Å². The van der Waals surface area contributed by atoms with E-state index in [1.807, 2.05) is 48.2 Å². The number of hydrogen-bond donors (Lipinski definition) is 1. The zero-order chi connectivity index (χ0) is 18.7. The molecule has 1 aliphatic rings. The summed E-state index contributed by atoms with van der Waals surface area (Å²) >= 11 is 0. The van der Waals surface area contributed by atoms with Gasteiger partial charge >= 0.3 is 0 Å². The molecule has 0 spiro atoms. The van der Waals surface area contributed by atoms with Gasteiger partial charge in [-0.15, -0.1) is 0 Å². The average molecular weight is 359 g/mol. The lowest BCUT2D eigenvalue weighted by Gasteiger charge is -2.34. The molecule has 1 atom stereocenters. The minimum Gasteiger partial charge on any atom is -0.380 e. The van der Waals surface area contributed by atoms with Crippen molar-refractivity contribution >= 4 is 17.3 Å². The normalized spacial score (nSPS) is 17.1. The first-order valence-corrected chi connectivity index (χ1v) is 8.72. The highest BCUT2D eigenvalue weighted by Gasteiger charge is 2.25. The van der Waals surface area contributed by atoms with E-state index >= 15 is 0 Å². The second-order valence-electron chi connectivity index (χ2n) is 6.81. The number of nitrogens with zero attached hydrogens (tertiary/aromatic N) is 2. The lowest BCUT2D eigenvalue weighted by atomic mass is 10.0. The third kappa shape index (κ3) is 4.12. The van der Waals surface area contributed by atoms with E-state index in [9.17, 15) is 13.6 Å². The molecule has 26 heavy (non-hydrogen) atoms. The lowest BCUT2D eigenvalue weighted by molar-refractivity contribution is 0.0715. The maximum absolute atomic E-state index is 13.4. The van der Waals surface area contributed by atoms with Crippen molar-refractivity contribution in [3.63, 3.8) is 0 Å². The number of rotatable bonds is 4. The number of anilines is 2. The van der Waals surface area contributed by atoms with Crippen molar-refractivity contribution in [2.75, 3.05) is 37.4 Å². The maximum atomic E-state index is 13.4. The molecule has 1 amide bonds. The SMILES string of the molecule is CN(C)c1cccc(C(=O)N2CCC[C@H](Nc3ccc(F)c(F)c3)C2)c1. The molecule has 1 heterocycles. The lowest BCUT2D eigenvalue weighted by Crippen LogP contribution is -2.45. The van der Waals surface area contributed by atoms with Crippen molar-refractivity contribution in [2.24, 2.45) is 0 Å². The summed E-state index contributed by atoms with van der Waals surface area (Å²) in [6.45, 7) is 1.23. The van der Waals surface area contributed by atoms with Crippen LogP contribution in [0.3, 0.4) is 0 Å². The highest BCUT2D eigenvalue weighted by atomic mass is 19.2. The van der Waals surface area contributed by atoms with Gasteiger partial charge in [0.15, 0.2) is 11.6 Å². The maximum Gasteiger partial charge on any atom is 0.253 e. The molecule has 0 aromatic heterocycles. The van der Waals surface area contributed by atoms with E-state index < -0.39 is 11.6 Å². The Hall–Kier alpha value is -2.63. The van der Waals surface area contributed by atoms with Crippen LogP contribution in [0.2, 0.25) is 0 Å². The molecule has 1 N–H and O–H groups in total. The van der Waals surface area contributed by atoms with E-state index in [-0.39, 0.29) is 11.9 Å². The molecular weight excluding hydrogens is 336 g/mol. The fraction of sp³-hybridized carbons (Fsp3) is 0.350. The van der Waals surface area contributed by atoms with Gasteiger partial charge in [-0.25, -0.2) is 8.78 Å². The van der Waals surface area contributed by atoms with Crippen molar-refractivity contribution in [2.45, 2.75) is 18.9 Å². The van der Waals surface area contributed by atoms with Gasteiger partial charge in [-0.3, -0.25) is 4.79 Å². The Morgan fingerprint density at radius 1 is 1.15 bits per heavy atom. The molecule has 138 valence electrons. The number of amides is 1. The van der Waals surface area contributed by atoms with Gasteiger partial charge < -0.3 is 15.1 Å². The molecule has 0 radical (unpaired) electrons. The van der Waals surface area contributed by atoms with Crippen molar-refractivity contribution in [3.8, 4) is 0 Å². The van der Waals surface area contributed by atoms with E-state index in [2.05, 4.69) is 5.32 Å². The molecule has 6 heteroatoms. The summed E-state index contributed by atoms with van der Waals surface area (Å²) in [6.07, 6.45) is 1.74. The Labute approximate surface area is 152 Å². The van der Waals surface area contributed by atoms with Crippen LogP contribution in [0.25, 0.3) is 0 Å². The van der Waals surface area contributed by atoms with Crippen LogP contribution in [0.5, 0.6) is 0 Å². The number of halogens is 2. The van der Waals surface area contributed by atoms with E-state index in [4.69, 9.17) is 0 Å². The zero-order valence-corrected chi connectivity index (χ0v) is 15.0. The van der Waals surface area contributed by atoms with E-state index in [0.29, 0.717) is 24.3 Å². The third-order valence-corrected chi connectivity index (χ3v) is 4.61. The fourth-order valence-corrected chi connectivity index (χ4v) is 3.20. The second-order valence-corrected chi connectivity index (χ2v) is 6.81. The number of benzene rings is 2. The van der Waals surface area contributed by atoms with Gasteiger partial charge in [0.25, 0.3) is 5.91 Å². The highest BCUT2D eigenvalue weighted by Crippen LogP contribution is 2.21. The van der Waals surface area contributed by atoms with Crippen LogP contribution in [-0.2, 0) is 0 Å². The number of carbonyl (C=O) groups excluding carboxylic acids is 1.